The molecular formula is C16H12BNO4. The van der Waals surface area contributed by atoms with Gasteiger partial charge in [0, 0.05) is 24.4 Å². The van der Waals surface area contributed by atoms with E-state index in [-0.39, 0.29) is 24.0 Å². The number of benzene rings is 2. The number of fused-ring (bicyclic) bond motifs is 4. The molecule has 2 heterocycles. The van der Waals surface area contributed by atoms with Crippen LogP contribution in [0.5, 0.6) is 17.2 Å². The predicted molar refractivity (Wildman–Crippen MR) is 81.3 cm³/mol. The summed E-state index contributed by atoms with van der Waals surface area (Å²) >= 11 is 0. The topological polar surface area (TPSA) is 70.0 Å². The number of nitrogens with zero attached hydrogens (tertiary/aromatic N) is 1. The Balaban J connectivity index is 2.07. The number of aromatic hydroxyl groups is 2. The van der Waals surface area contributed by atoms with Gasteiger partial charge >= 0.3 is 0 Å². The lowest BCUT2D eigenvalue weighted by atomic mass is 9.71. The summed E-state index contributed by atoms with van der Waals surface area (Å²) in [6, 6.07) is 8.07. The Morgan fingerprint density at radius 1 is 1.27 bits per heavy atom. The van der Waals surface area contributed by atoms with E-state index in [1.807, 2.05) is 6.07 Å². The fourth-order valence-corrected chi connectivity index (χ4v) is 3.46. The predicted octanol–water partition coefficient (Wildman–Crippen LogP) is 0.546. The molecule has 1 atom stereocenters. The molecule has 4 rings (SSSR count). The SMILES string of the molecule is [B]c1cccc2c1C1(COc3cc(O)c(O)cc31)C(=O)N2C. The third-order valence-corrected chi connectivity index (χ3v) is 4.51. The van der Waals surface area contributed by atoms with Crippen molar-refractivity contribution < 1.29 is 19.7 Å². The highest BCUT2D eigenvalue weighted by molar-refractivity contribution is 6.36. The number of rotatable bonds is 0. The van der Waals surface area contributed by atoms with Crippen molar-refractivity contribution in [2.75, 3.05) is 18.6 Å². The quantitative estimate of drug-likeness (QED) is 0.549. The summed E-state index contributed by atoms with van der Waals surface area (Å²) in [6.07, 6.45) is 0. The third kappa shape index (κ3) is 1.32. The first-order chi connectivity index (χ1) is 10.5. The monoisotopic (exact) mass is 293 g/mol. The minimum absolute atomic E-state index is 0.0929. The van der Waals surface area contributed by atoms with Gasteiger partial charge in [-0.05, 0) is 17.7 Å². The number of anilines is 1. The van der Waals surface area contributed by atoms with Crippen LogP contribution in [0.15, 0.2) is 30.3 Å². The van der Waals surface area contributed by atoms with E-state index in [1.165, 1.54) is 12.1 Å². The molecule has 108 valence electrons. The molecule has 2 aliphatic rings. The van der Waals surface area contributed by atoms with Crippen molar-refractivity contribution in [3.63, 3.8) is 0 Å². The van der Waals surface area contributed by atoms with E-state index in [0.717, 1.165) is 5.69 Å². The molecule has 1 spiro atoms. The van der Waals surface area contributed by atoms with Gasteiger partial charge in [0.1, 0.15) is 25.6 Å². The largest absolute Gasteiger partial charge is 0.504 e. The van der Waals surface area contributed by atoms with Crippen LogP contribution in [0.25, 0.3) is 0 Å². The van der Waals surface area contributed by atoms with E-state index in [9.17, 15) is 15.0 Å². The van der Waals surface area contributed by atoms with Gasteiger partial charge in [-0.15, -0.1) is 0 Å². The number of hydrogen-bond acceptors (Lipinski definition) is 4. The summed E-state index contributed by atoms with van der Waals surface area (Å²) in [5.41, 5.74) is 1.37. The van der Waals surface area contributed by atoms with Crippen molar-refractivity contribution in [2.24, 2.45) is 0 Å². The van der Waals surface area contributed by atoms with Gasteiger partial charge < -0.3 is 19.8 Å². The molecule has 0 fully saturated rings. The lowest BCUT2D eigenvalue weighted by molar-refractivity contribution is -0.121. The molecule has 6 heteroatoms. The molecule has 2 N–H and O–H groups in total. The highest BCUT2D eigenvalue weighted by Crippen LogP contribution is 2.53. The van der Waals surface area contributed by atoms with Gasteiger partial charge in [0.2, 0.25) is 5.91 Å². The number of carbonyl (C=O) groups excluding carboxylic acids is 1. The zero-order chi connectivity index (χ0) is 15.6. The van der Waals surface area contributed by atoms with Crippen LogP contribution >= 0.6 is 0 Å². The summed E-state index contributed by atoms with van der Waals surface area (Å²) < 4.78 is 5.63. The highest BCUT2D eigenvalue weighted by Gasteiger charge is 2.56. The number of ether oxygens (including phenoxy) is 1. The van der Waals surface area contributed by atoms with Gasteiger partial charge in [0.15, 0.2) is 11.5 Å². The van der Waals surface area contributed by atoms with E-state index < -0.39 is 5.41 Å². The van der Waals surface area contributed by atoms with Crippen LogP contribution in [-0.4, -0.2) is 37.6 Å². The summed E-state index contributed by atoms with van der Waals surface area (Å²) in [5, 5.41) is 19.5. The maximum Gasteiger partial charge on any atom is 0.245 e. The molecule has 1 amide bonds. The second kappa shape index (κ2) is 3.97. The van der Waals surface area contributed by atoms with E-state index in [0.29, 0.717) is 22.3 Å². The molecule has 2 aromatic carbocycles. The van der Waals surface area contributed by atoms with Crippen molar-refractivity contribution >= 4 is 24.9 Å². The van der Waals surface area contributed by atoms with Crippen molar-refractivity contribution in [3.05, 3.63) is 41.5 Å². The molecule has 1 unspecified atom stereocenters. The van der Waals surface area contributed by atoms with Crippen molar-refractivity contribution in [1.29, 1.82) is 0 Å². The van der Waals surface area contributed by atoms with E-state index in [4.69, 9.17) is 12.6 Å². The first kappa shape index (κ1) is 13.1. The summed E-state index contributed by atoms with van der Waals surface area (Å²) in [6.45, 7) is 0.0929. The molecule has 2 aromatic rings. The Labute approximate surface area is 128 Å². The maximum atomic E-state index is 12.9. The van der Waals surface area contributed by atoms with E-state index >= 15 is 0 Å². The first-order valence-electron chi connectivity index (χ1n) is 6.83. The van der Waals surface area contributed by atoms with Crippen molar-refractivity contribution in [3.8, 4) is 17.2 Å². The molecule has 2 radical (unpaired) electrons. The lowest BCUT2D eigenvalue weighted by Crippen LogP contribution is -2.42. The van der Waals surface area contributed by atoms with Gasteiger partial charge in [-0.2, -0.15) is 0 Å². The second-order valence-electron chi connectivity index (χ2n) is 5.64. The Bertz CT molecular complexity index is 835. The summed E-state index contributed by atoms with van der Waals surface area (Å²) in [5.74, 6) is -0.352. The number of phenolic OH excluding ortho intramolecular Hbond substituents is 2. The normalized spacial score (nSPS) is 21.9. The van der Waals surface area contributed by atoms with Gasteiger partial charge in [-0.1, -0.05) is 17.6 Å². The number of phenols is 2. The van der Waals surface area contributed by atoms with Crippen LogP contribution in [0.4, 0.5) is 5.69 Å². The van der Waals surface area contributed by atoms with Gasteiger partial charge in [-0.25, -0.2) is 0 Å². The average Bonchev–Trinajstić information content (AvgIpc) is 2.95. The fraction of sp³-hybridized carbons (Fsp3) is 0.188. The van der Waals surface area contributed by atoms with Crippen LogP contribution in [0.2, 0.25) is 0 Å². The van der Waals surface area contributed by atoms with Crippen LogP contribution in [0.3, 0.4) is 0 Å². The molecule has 0 bridgehead atoms. The number of amides is 1. The zero-order valence-corrected chi connectivity index (χ0v) is 11.8. The smallest absolute Gasteiger partial charge is 0.245 e. The molecule has 2 aliphatic heterocycles. The molecular weight excluding hydrogens is 281 g/mol. The Morgan fingerprint density at radius 3 is 2.77 bits per heavy atom. The van der Waals surface area contributed by atoms with Crippen LogP contribution < -0.4 is 15.1 Å². The number of likely N-dealkylation sites (N-methyl/N-ethyl adjacent to an activating group) is 1. The molecule has 0 saturated heterocycles. The number of hydrogen-bond donors (Lipinski definition) is 2. The molecule has 5 nitrogen and oxygen atoms in total. The molecule has 0 aromatic heterocycles. The maximum absolute atomic E-state index is 12.9. The summed E-state index contributed by atoms with van der Waals surface area (Å²) in [4.78, 5) is 14.5. The highest BCUT2D eigenvalue weighted by atomic mass is 16.5. The van der Waals surface area contributed by atoms with Crippen LogP contribution in [0, 0.1) is 0 Å². The van der Waals surface area contributed by atoms with E-state index in [2.05, 4.69) is 0 Å². The molecule has 0 saturated carbocycles. The fourth-order valence-electron chi connectivity index (χ4n) is 3.46. The van der Waals surface area contributed by atoms with Crippen LogP contribution in [-0.2, 0) is 10.2 Å². The van der Waals surface area contributed by atoms with Crippen LogP contribution in [0.1, 0.15) is 11.1 Å². The lowest BCUT2D eigenvalue weighted by Gasteiger charge is -2.23. The van der Waals surface area contributed by atoms with Crippen molar-refractivity contribution in [2.45, 2.75) is 5.41 Å². The Morgan fingerprint density at radius 2 is 2.00 bits per heavy atom. The summed E-state index contributed by atoms with van der Waals surface area (Å²) in [7, 11) is 7.82. The Kier molecular flexibility index (Phi) is 2.36. The van der Waals surface area contributed by atoms with Gasteiger partial charge in [-0.3, -0.25) is 4.79 Å². The van der Waals surface area contributed by atoms with Crippen molar-refractivity contribution in [1.82, 2.24) is 0 Å². The first-order valence-corrected chi connectivity index (χ1v) is 6.83. The Hall–Kier alpha value is -2.63. The minimum atomic E-state index is -1.07. The van der Waals surface area contributed by atoms with E-state index in [1.54, 1.807) is 24.1 Å². The third-order valence-electron chi connectivity index (χ3n) is 4.51. The minimum Gasteiger partial charge on any atom is -0.504 e. The standard InChI is InChI=1S/C16H12BNO4/c1-18-10-4-2-3-9(17)14(10)16(15(18)21)7-22-13-6-12(20)11(19)5-8(13)16/h2-6,19-20H,7H2,1H3. The van der Waals surface area contributed by atoms with Gasteiger partial charge in [0.25, 0.3) is 0 Å². The molecule has 0 aliphatic carbocycles. The zero-order valence-electron chi connectivity index (χ0n) is 11.8. The number of carbonyl (C=O) groups is 1. The molecule has 22 heavy (non-hydrogen) atoms. The second-order valence-corrected chi connectivity index (χ2v) is 5.64. The average molecular weight is 293 g/mol. The van der Waals surface area contributed by atoms with Gasteiger partial charge in [0.05, 0.1) is 0 Å².